The Labute approximate surface area is 103 Å². The number of esters is 1. The van der Waals surface area contributed by atoms with E-state index in [1.165, 1.54) is 7.11 Å². The highest BCUT2D eigenvalue weighted by Gasteiger charge is 2.08. The van der Waals surface area contributed by atoms with Gasteiger partial charge in [0, 0.05) is 6.54 Å². The largest absolute Gasteiger partial charge is 0.468 e. The first-order chi connectivity index (χ1) is 8.58. The summed E-state index contributed by atoms with van der Waals surface area (Å²) in [5.41, 5.74) is 2.16. The Balaban J connectivity index is 2.11. The molecule has 0 amide bonds. The number of hydrogen-bond acceptors (Lipinski definition) is 5. The number of methoxy groups -OCH3 is 1. The molecule has 0 saturated heterocycles. The molecule has 6 nitrogen and oxygen atoms in total. The van der Waals surface area contributed by atoms with Gasteiger partial charge < -0.3 is 9.15 Å². The number of hydrogen-bond donors (Lipinski definition) is 1. The van der Waals surface area contributed by atoms with Gasteiger partial charge >= 0.3 is 11.7 Å². The minimum Gasteiger partial charge on any atom is -0.468 e. The summed E-state index contributed by atoms with van der Waals surface area (Å²) in [7, 11) is 3.18. The Morgan fingerprint density at radius 3 is 3.00 bits per heavy atom. The predicted octanol–water partition coefficient (Wildman–Crippen LogP) is 0.726. The van der Waals surface area contributed by atoms with E-state index in [2.05, 4.69) is 9.72 Å². The zero-order valence-corrected chi connectivity index (χ0v) is 10.2. The average molecular weight is 250 g/mol. The van der Waals surface area contributed by atoms with Crippen LogP contribution < -0.4 is 5.76 Å². The van der Waals surface area contributed by atoms with Gasteiger partial charge in [0.1, 0.15) is 0 Å². The molecule has 1 heterocycles. The van der Waals surface area contributed by atoms with Crippen molar-refractivity contribution in [3.63, 3.8) is 0 Å². The van der Waals surface area contributed by atoms with Crippen molar-refractivity contribution in [1.82, 2.24) is 9.88 Å². The summed E-state index contributed by atoms with van der Waals surface area (Å²) in [6.07, 6.45) is 0. The minimum atomic E-state index is -0.468. The number of carbonyl (C=O) groups excluding carboxylic acids is 1. The summed E-state index contributed by atoms with van der Waals surface area (Å²) in [4.78, 5) is 26.5. The zero-order chi connectivity index (χ0) is 13.1. The number of likely N-dealkylation sites (N-methyl/N-ethyl adjacent to an activating group) is 1. The minimum absolute atomic E-state index is 0.219. The summed E-state index contributed by atoms with van der Waals surface area (Å²) in [6.45, 7) is 0.800. The Bertz CT molecular complexity index is 614. The van der Waals surface area contributed by atoms with Gasteiger partial charge in [-0.2, -0.15) is 0 Å². The normalized spacial score (nSPS) is 11.1. The number of rotatable bonds is 4. The van der Waals surface area contributed by atoms with E-state index in [1.54, 1.807) is 6.07 Å². The van der Waals surface area contributed by atoms with Crippen molar-refractivity contribution >= 4 is 17.1 Å². The van der Waals surface area contributed by atoms with Crippen molar-refractivity contribution in [2.45, 2.75) is 6.54 Å². The Hall–Kier alpha value is -2.08. The summed E-state index contributed by atoms with van der Waals surface area (Å²) < 4.78 is 9.50. The third kappa shape index (κ3) is 2.78. The third-order valence-corrected chi connectivity index (χ3v) is 2.56. The Kier molecular flexibility index (Phi) is 3.47. The fraction of sp³-hybridized carbons (Fsp3) is 0.333. The molecule has 0 spiro atoms. The molecule has 0 unspecified atom stereocenters. The van der Waals surface area contributed by atoms with Crippen LogP contribution in [0.15, 0.2) is 27.4 Å². The van der Waals surface area contributed by atoms with Crippen LogP contribution in [-0.2, 0) is 16.1 Å². The van der Waals surface area contributed by atoms with Crippen LogP contribution in [0, 0.1) is 0 Å². The first-order valence-corrected chi connectivity index (χ1v) is 5.45. The monoisotopic (exact) mass is 250 g/mol. The molecule has 0 aliphatic carbocycles. The van der Waals surface area contributed by atoms with Crippen molar-refractivity contribution in [2.24, 2.45) is 0 Å². The number of aromatic nitrogens is 1. The number of nitrogens with one attached hydrogen (secondary N) is 1. The molecular weight excluding hydrogens is 236 g/mol. The van der Waals surface area contributed by atoms with E-state index in [4.69, 9.17) is 4.42 Å². The topological polar surface area (TPSA) is 75.5 Å². The van der Waals surface area contributed by atoms with E-state index in [0.29, 0.717) is 17.6 Å². The summed E-state index contributed by atoms with van der Waals surface area (Å²) in [6, 6.07) is 5.41. The van der Waals surface area contributed by atoms with Gasteiger partial charge in [0.2, 0.25) is 0 Å². The first kappa shape index (κ1) is 12.4. The number of benzene rings is 1. The molecule has 6 heteroatoms. The maximum absolute atomic E-state index is 11.1. The number of ether oxygens (including phenoxy) is 1. The second-order valence-electron chi connectivity index (χ2n) is 4.09. The molecule has 0 aliphatic rings. The number of H-pyrrole nitrogens is 1. The Morgan fingerprint density at radius 1 is 1.50 bits per heavy atom. The van der Waals surface area contributed by atoms with Gasteiger partial charge in [-0.3, -0.25) is 14.7 Å². The number of nitrogens with zero attached hydrogens (tertiary/aromatic N) is 1. The van der Waals surface area contributed by atoms with Crippen LogP contribution in [0.1, 0.15) is 5.56 Å². The van der Waals surface area contributed by atoms with E-state index < -0.39 is 5.76 Å². The maximum Gasteiger partial charge on any atom is 0.417 e. The van der Waals surface area contributed by atoms with Gasteiger partial charge in [-0.1, -0.05) is 6.07 Å². The molecule has 1 aromatic heterocycles. The second kappa shape index (κ2) is 5.05. The lowest BCUT2D eigenvalue weighted by Crippen LogP contribution is -2.26. The number of carbonyl (C=O) groups is 1. The summed E-state index contributed by atoms with van der Waals surface area (Å²) in [5, 5.41) is 0. The van der Waals surface area contributed by atoms with Crippen LogP contribution in [0.2, 0.25) is 0 Å². The molecule has 1 aromatic carbocycles. The van der Waals surface area contributed by atoms with Crippen LogP contribution in [0.25, 0.3) is 11.1 Å². The fourth-order valence-corrected chi connectivity index (χ4v) is 1.75. The molecule has 0 bridgehead atoms. The molecule has 0 saturated carbocycles. The lowest BCUT2D eigenvalue weighted by atomic mass is 10.2. The van der Waals surface area contributed by atoms with Crippen LogP contribution in [0.5, 0.6) is 0 Å². The highest BCUT2D eigenvalue weighted by atomic mass is 16.5. The molecule has 2 rings (SSSR count). The van der Waals surface area contributed by atoms with Crippen molar-refractivity contribution < 1.29 is 13.9 Å². The van der Waals surface area contributed by atoms with Crippen LogP contribution in [0.4, 0.5) is 0 Å². The molecule has 18 heavy (non-hydrogen) atoms. The lowest BCUT2D eigenvalue weighted by molar-refractivity contribution is -0.141. The highest BCUT2D eigenvalue weighted by molar-refractivity contribution is 5.73. The summed E-state index contributed by atoms with van der Waals surface area (Å²) in [5.74, 6) is -0.750. The van der Waals surface area contributed by atoms with Gasteiger partial charge in [-0.05, 0) is 24.7 Å². The van der Waals surface area contributed by atoms with E-state index in [1.807, 2.05) is 24.1 Å². The van der Waals surface area contributed by atoms with Crippen LogP contribution in [0.3, 0.4) is 0 Å². The van der Waals surface area contributed by atoms with E-state index in [-0.39, 0.29) is 12.5 Å². The van der Waals surface area contributed by atoms with Gasteiger partial charge in [-0.25, -0.2) is 4.79 Å². The molecule has 0 atom stereocenters. The number of oxazole rings is 1. The van der Waals surface area contributed by atoms with Crippen LogP contribution >= 0.6 is 0 Å². The Morgan fingerprint density at radius 2 is 2.28 bits per heavy atom. The third-order valence-electron chi connectivity index (χ3n) is 2.56. The molecule has 2 aromatic rings. The zero-order valence-electron chi connectivity index (χ0n) is 10.2. The standard InChI is InChI=1S/C12H14N2O4/c1-14(7-11(15)17-2)6-8-3-4-10-9(5-8)13-12(16)18-10/h3-5H,6-7H2,1-2H3,(H,13,16). The molecule has 0 radical (unpaired) electrons. The predicted molar refractivity (Wildman–Crippen MR) is 65.2 cm³/mol. The fourth-order valence-electron chi connectivity index (χ4n) is 1.75. The molecular formula is C12H14N2O4. The van der Waals surface area contributed by atoms with Gasteiger partial charge in [0.05, 0.1) is 19.2 Å². The SMILES string of the molecule is COC(=O)CN(C)Cc1ccc2oc(=O)[nH]c2c1. The second-order valence-corrected chi connectivity index (χ2v) is 4.09. The quantitative estimate of drug-likeness (QED) is 0.809. The first-order valence-electron chi connectivity index (χ1n) is 5.45. The van der Waals surface area contributed by atoms with E-state index in [0.717, 1.165) is 5.56 Å². The molecule has 96 valence electrons. The van der Waals surface area contributed by atoms with Gasteiger partial charge in [0.15, 0.2) is 5.58 Å². The van der Waals surface area contributed by atoms with Gasteiger partial charge in [-0.15, -0.1) is 0 Å². The van der Waals surface area contributed by atoms with Crippen molar-refractivity contribution in [2.75, 3.05) is 20.7 Å². The summed E-state index contributed by atoms with van der Waals surface area (Å²) >= 11 is 0. The van der Waals surface area contributed by atoms with E-state index >= 15 is 0 Å². The smallest absolute Gasteiger partial charge is 0.417 e. The number of aromatic amines is 1. The molecule has 0 aliphatic heterocycles. The van der Waals surface area contributed by atoms with Crippen LogP contribution in [-0.4, -0.2) is 36.6 Å². The molecule has 0 fully saturated rings. The van der Waals surface area contributed by atoms with E-state index in [9.17, 15) is 9.59 Å². The van der Waals surface area contributed by atoms with Gasteiger partial charge in [0.25, 0.3) is 0 Å². The highest BCUT2D eigenvalue weighted by Crippen LogP contribution is 2.13. The molecule has 1 N–H and O–H groups in total. The lowest BCUT2D eigenvalue weighted by Gasteiger charge is -2.14. The van der Waals surface area contributed by atoms with Crippen molar-refractivity contribution in [3.05, 3.63) is 34.3 Å². The maximum atomic E-state index is 11.1. The van der Waals surface area contributed by atoms with Crippen molar-refractivity contribution in [3.8, 4) is 0 Å². The average Bonchev–Trinajstić information content (AvgIpc) is 2.68. The number of fused-ring (bicyclic) bond motifs is 1. The van der Waals surface area contributed by atoms with Crippen molar-refractivity contribution in [1.29, 1.82) is 0 Å².